The molecule has 1 heterocycles. The van der Waals surface area contributed by atoms with Gasteiger partial charge in [0.15, 0.2) is 0 Å². The average Bonchev–Trinajstić information content (AvgIpc) is 2.54. The normalized spacial score (nSPS) is 25.9. The third-order valence-corrected chi connectivity index (χ3v) is 3.10. The molecule has 2 atom stereocenters. The fraction of sp³-hybridized carbons (Fsp3) is 1.00. The smallest absolute Gasteiger partial charge is 0.0639 e. The van der Waals surface area contributed by atoms with Crippen molar-refractivity contribution >= 4 is 0 Å². The molecule has 0 amide bonds. The van der Waals surface area contributed by atoms with Gasteiger partial charge in [0, 0.05) is 19.1 Å². The summed E-state index contributed by atoms with van der Waals surface area (Å²) >= 11 is 0. The van der Waals surface area contributed by atoms with Gasteiger partial charge < -0.3 is 5.11 Å². The number of likely N-dealkylation sites (tertiary alicyclic amines) is 1. The standard InChI is InChI=1S/C11H24N2O/c1-4-13(5-2)11-6-7-12(9-11)8-10(3)14/h10-11,14H,4-9H2,1-3H3/t10-,11?/m0/s1. The summed E-state index contributed by atoms with van der Waals surface area (Å²) < 4.78 is 0. The molecule has 1 aliphatic heterocycles. The molecule has 0 aromatic rings. The van der Waals surface area contributed by atoms with Crippen LogP contribution in [0.15, 0.2) is 0 Å². The second kappa shape index (κ2) is 5.69. The first-order chi connectivity index (χ1) is 6.67. The number of rotatable bonds is 5. The molecule has 0 radical (unpaired) electrons. The van der Waals surface area contributed by atoms with Crippen molar-refractivity contribution in [3.8, 4) is 0 Å². The first-order valence-electron chi connectivity index (χ1n) is 5.81. The van der Waals surface area contributed by atoms with Gasteiger partial charge in [0.1, 0.15) is 0 Å². The number of hydrogen-bond acceptors (Lipinski definition) is 3. The van der Waals surface area contributed by atoms with Gasteiger partial charge >= 0.3 is 0 Å². The molecule has 1 N–H and O–H groups in total. The Morgan fingerprint density at radius 3 is 2.57 bits per heavy atom. The Morgan fingerprint density at radius 1 is 1.43 bits per heavy atom. The van der Waals surface area contributed by atoms with Crippen molar-refractivity contribution in [1.29, 1.82) is 0 Å². The molecule has 0 aromatic heterocycles. The summed E-state index contributed by atoms with van der Waals surface area (Å²) in [6.07, 6.45) is 1.07. The topological polar surface area (TPSA) is 26.7 Å². The summed E-state index contributed by atoms with van der Waals surface area (Å²) in [5.41, 5.74) is 0. The zero-order valence-corrected chi connectivity index (χ0v) is 9.74. The van der Waals surface area contributed by atoms with Gasteiger partial charge in [-0.25, -0.2) is 0 Å². The summed E-state index contributed by atoms with van der Waals surface area (Å²) in [5.74, 6) is 0. The lowest BCUT2D eigenvalue weighted by Crippen LogP contribution is -2.38. The van der Waals surface area contributed by atoms with Crippen LogP contribution in [0.4, 0.5) is 0 Å². The number of likely N-dealkylation sites (N-methyl/N-ethyl adjacent to an activating group) is 1. The molecule has 1 saturated heterocycles. The second-order valence-electron chi connectivity index (χ2n) is 4.27. The Hall–Kier alpha value is -0.120. The first kappa shape index (κ1) is 12.0. The Kier molecular flexibility index (Phi) is 4.85. The third kappa shape index (κ3) is 3.23. The van der Waals surface area contributed by atoms with Crippen LogP contribution in [0, 0.1) is 0 Å². The summed E-state index contributed by atoms with van der Waals surface area (Å²) in [6.45, 7) is 11.7. The van der Waals surface area contributed by atoms with E-state index in [2.05, 4.69) is 23.6 Å². The lowest BCUT2D eigenvalue weighted by Gasteiger charge is -2.26. The van der Waals surface area contributed by atoms with E-state index >= 15 is 0 Å². The van der Waals surface area contributed by atoms with Gasteiger partial charge in [-0.15, -0.1) is 0 Å². The van der Waals surface area contributed by atoms with Crippen molar-refractivity contribution in [3.05, 3.63) is 0 Å². The molecule has 1 fully saturated rings. The van der Waals surface area contributed by atoms with Gasteiger partial charge in [-0.1, -0.05) is 13.8 Å². The van der Waals surface area contributed by atoms with E-state index in [9.17, 15) is 5.11 Å². The van der Waals surface area contributed by atoms with Gasteiger partial charge in [0.2, 0.25) is 0 Å². The van der Waals surface area contributed by atoms with E-state index < -0.39 is 0 Å². The summed E-state index contributed by atoms with van der Waals surface area (Å²) in [7, 11) is 0. The molecule has 0 saturated carbocycles. The lowest BCUT2D eigenvalue weighted by molar-refractivity contribution is 0.132. The quantitative estimate of drug-likeness (QED) is 0.710. The molecule has 0 spiro atoms. The van der Waals surface area contributed by atoms with Crippen LogP contribution in [0.1, 0.15) is 27.2 Å². The average molecular weight is 200 g/mol. The van der Waals surface area contributed by atoms with Crippen molar-refractivity contribution in [2.24, 2.45) is 0 Å². The summed E-state index contributed by atoms with van der Waals surface area (Å²) in [6, 6.07) is 0.712. The molecule has 84 valence electrons. The fourth-order valence-corrected chi connectivity index (χ4v) is 2.39. The van der Waals surface area contributed by atoms with Crippen LogP contribution < -0.4 is 0 Å². The van der Waals surface area contributed by atoms with Gasteiger partial charge in [-0.05, 0) is 33.0 Å². The highest BCUT2D eigenvalue weighted by Gasteiger charge is 2.26. The van der Waals surface area contributed by atoms with E-state index in [1.54, 1.807) is 0 Å². The maximum absolute atomic E-state index is 9.30. The third-order valence-electron chi connectivity index (χ3n) is 3.10. The Morgan fingerprint density at radius 2 is 2.07 bits per heavy atom. The summed E-state index contributed by atoms with van der Waals surface area (Å²) in [5, 5.41) is 9.30. The Balaban J connectivity index is 2.32. The fourth-order valence-electron chi connectivity index (χ4n) is 2.39. The van der Waals surface area contributed by atoms with Crippen LogP contribution in [0.2, 0.25) is 0 Å². The molecule has 1 aliphatic rings. The molecule has 0 aromatic carbocycles. The molecular formula is C11H24N2O. The Bertz CT molecular complexity index is 157. The van der Waals surface area contributed by atoms with Gasteiger partial charge in [-0.2, -0.15) is 0 Å². The minimum atomic E-state index is -0.189. The number of nitrogens with zero attached hydrogens (tertiary/aromatic N) is 2. The van der Waals surface area contributed by atoms with Crippen molar-refractivity contribution in [1.82, 2.24) is 9.80 Å². The van der Waals surface area contributed by atoms with Crippen molar-refractivity contribution in [2.45, 2.75) is 39.3 Å². The van der Waals surface area contributed by atoms with E-state index in [4.69, 9.17) is 0 Å². The number of β-amino-alcohol motifs (C(OH)–C–C–N with tert-alkyl or cyclic N) is 1. The van der Waals surface area contributed by atoms with E-state index in [0.29, 0.717) is 6.04 Å². The molecule has 0 aliphatic carbocycles. The maximum atomic E-state index is 9.30. The predicted molar refractivity (Wildman–Crippen MR) is 59.4 cm³/mol. The number of hydrogen-bond donors (Lipinski definition) is 1. The SMILES string of the molecule is CCN(CC)C1CCN(C[C@H](C)O)C1. The van der Waals surface area contributed by atoms with Crippen LogP contribution in [0.5, 0.6) is 0 Å². The highest BCUT2D eigenvalue weighted by atomic mass is 16.3. The molecule has 1 rings (SSSR count). The lowest BCUT2D eigenvalue weighted by atomic mass is 10.2. The molecule has 3 heteroatoms. The molecule has 3 nitrogen and oxygen atoms in total. The van der Waals surface area contributed by atoms with Crippen LogP contribution >= 0.6 is 0 Å². The van der Waals surface area contributed by atoms with E-state index in [0.717, 1.165) is 32.7 Å². The van der Waals surface area contributed by atoms with Gasteiger partial charge in [0.25, 0.3) is 0 Å². The van der Waals surface area contributed by atoms with E-state index in [1.807, 2.05) is 6.92 Å². The van der Waals surface area contributed by atoms with Crippen molar-refractivity contribution in [3.63, 3.8) is 0 Å². The van der Waals surface area contributed by atoms with E-state index in [1.165, 1.54) is 6.42 Å². The maximum Gasteiger partial charge on any atom is 0.0639 e. The van der Waals surface area contributed by atoms with Crippen LogP contribution in [-0.4, -0.2) is 59.8 Å². The molecule has 1 unspecified atom stereocenters. The number of aliphatic hydroxyl groups excluding tert-OH is 1. The zero-order valence-electron chi connectivity index (χ0n) is 9.74. The van der Waals surface area contributed by atoms with Gasteiger partial charge in [0.05, 0.1) is 6.10 Å². The van der Waals surface area contributed by atoms with Crippen molar-refractivity contribution < 1.29 is 5.11 Å². The predicted octanol–water partition coefficient (Wildman–Crippen LogP) is 0.783. The molecular weight excluding hydrogens is 176 g/mol. The van der Waals surface area contributed by atoms with Crippen LogP contribution in [0.3, 0.4) is 0 Å². The van der Waals surface area contributed by atoms with Crippen molar-refractivity contribution in [2.75, 3.05) is 32.7 Å². The largest absolute Gasteiger partial charge is 0.392 e. The summed E-state index contributed by atoms with van der Waals surface area (Å²) in [4.78, 5) is 4.88. The Labute approximate surface area is 87.7 Å². The first-order valence-corrected chi connectivity index (χ1v) is 5.81. The minimum absolute atomic E-state index is 0.189. The monoisotopic (exact) mass is 200 g/mol. The van der Waals surface area contributed by atoms with E-state index in [-0.39, 0.29) is 6.10 Å². The molecule has 0 bridgehead atoms. The minimum Gasteiger partial charge on any atom is -0.392 e. The van der Waals surface area contributed by atoms with Crippen LogP contribution in [-0.2, 0) is 0 Å². The molecule has 14 heavy (non-hydrogen) atoms. The van der Waals surface area contributed by atoms with Crippen LogP contribution in [0.25, 0.3) is 0 Å². The van der Waals surface area contributed by atoms with Gasteiger partial charge in [-0.3, -0.25) is 9.80 Å². The highest BCUT2D eigenvalue weighted by Crippen LogP contribution is 2.15. The number of aliphatic hydroxyl groups is 1. The second-order valence-corrected chi connectivity index (χ2v) is 4.27. The zero-order chi connectivity index (χ0) is 10.6. The highest BCUT2D eigenvalue weighted by molar-refractivity contribution is 4.83.